The number of aliphatic carboxylic acids is 1. The molecule has 33 heavy (non-hydrogen) atoms. The first-order valence-electron chi connectivity index (χ1n) is 12.4. The molecule has 0 spiro atoms. The average Bonchev–Trinajstić information content (AvgIpc) is 3.11. The van der Waals surface area contributed by atoms with Gasteiger partial charge in [-0.15, -0.1) is 0 Å². The predicted octanol–water partition coefficient (Wildman–Crippen LogP) is 5.62. The van der Waals surface area contributed by atoms with E-state index in [9.17, 15) is 9.90 Å². The van der Waals surface area contributed by atoms with E-state index in [0.29, 0.717) is 6.04 Å². The Morgan fingerprint density at radius 2 is 1.70 bits per heavy atom. The molecule has 1 saturated heterocycles. The number of benzene rings is 2. The van der Waals surface area contributed by atoms with Gasteiger partial charge in [-0.1, -0.05) is 43.7 Å². The molecular formula is C28H35N3O2. The van der Waals surface area contributed by atoms with E-state index in [2.05, 4.69) is 63.8 Å². The summed E-state index contributed by atoms with van der Waals surface area (Å²) in [6.07, 6.45) is 5.81. The molecule has 0 radical (unpaired) electrons. The minimum atomic E-state index is -0.648. The summed E-state index contributed by atoms with van der Waals surface area (Å²) in [4.78, 5) is 19.6. The predicted molar refractivity (Wildman–Crippen MR) is 132 cm³/mol. The second-order valence-corrected chi connectivity index (χ2v) is 10.2. The van der Waals surface area contributed by atoms with Crippen LogP contribution in [0.25, 0.3) is 22.2 Å². The summed E-state index contributed by atoms with van der Waals surface area (Å²) in [5, 5.41) is 10.1. The van der Waals surface area contributed by atoms with Gasteiger partial charge in [0.05, 0.1) is 17.0 Å². The molecule has 5 rings (SSSR count). The summed E-state index contributed by atoms with van der Waals surface area (Å²) in [5.74, 6) is 0.289. The van der Waals surface area contributed by atoms with Crippen molar-refractivity contribution in [1.82, 2.24) is 14.5 Å². The quantitative estimate of drug-likeness (QED) is 0.566. The molecule has 3 aromatic rings. The van der Waals surface area contributed by atoms with Crippen molar-refractivity contribution in [3.05, 3.63) is 53.9 Å². The SMILES string of the molecule is Cc1nc2cc(-c3ccc([C@@H]4CC(N5CCCCC5)C[C@H](C)C4C(=O)O)cc3)ccc2n1C. The molecule has 1 aromatic heterocycles. The first-order chi connectivity index (χ1) is 15.9. The molecule has 2 heterocycles. The molecular weight excluding hydrogens is 410 g/mol. The lowest BCUT2D eigenvalue weighted by Gasteiger charge is -2.44. The highest BCUT2D eigenvalue weighted by atomic mass is 16.4. The van der Waals surface area contributed by atoms with E-state index < -0.39 is 5.97 Å². The first-order valence-corrected chi connectivity index (χ1v) is 12.4. The van der Waals surface area contributed by atoms with E-state index in [4.69, 9.17) is 0 Å². The Balaban J connectivity index is 1.42. The third-order valence-electron chi connectivity index (χ3n) is 8.19. The second kappa shape index (κ2) is 8.94. The van der Waals surface area contributed by atoms with Crippen LogP contribution in [-0.2, 0) is 11.8 Å². The molecule has 1 aliphatic heterocycles. The fourth-order valence-corrected chi connectivity index (χ4v) is 6.27. The van der Waals surface area contributed by atoms with Gasteiger partial charge in [-0.25, -0.2) is 4.98 Å². The molecule has 1 aliphatic carbocycles. The molecule has 4 atom stereocenters. The Morgan fingerprint density at radius 1 is 1.00 bits per heavy atom. The van der Waals surface area contributed by atoms with Crippen LogP contribution in [0.5, 0.6) is 0 Å². The standard InChI is InChI=1S/C28H35N3O2/c1-18-15-23(31-13-5-4-6-14-31)17-24(27(18)28(32)33)21-9-7-20(8-10-21)22-11-12-26-25(16-22)29-19(2)30(26)3/h7-12,16,18,23-24,27H,4-6,13-15,17H2,1-3H3,(H,32,33)/t18-,23?,24-,27?/m0/s1. The maximum atomic E-state index is 12.3. The molecule has 0 bridgehead atoms. The van der Waals surface area contributed by atoms with Crippen LogP contribution in [0.1, 0.15) is 56.3 Å². The van der Waals surface area contributed by atoms with Gasteiger partial charge < -0.3 is 14.6 Å². The highest BCUT2D eigenvalue weighted by molar-refractivity contribution is 5.82. The van der Waals surface area contributed by atoms with Gasteiger partial charge in [0.2, 0.25) is 0 Å². The van der Waals surface area contributed by atoms with Crippen LogP contribution in [0.15, 0.2) is 42.5 Å². The number of carboxylic acid groups (broad SMARTS) is 1. The maximum Gasteiger partial charge on any atom is 0.307 e. The highest BCUT2D eigenvalue weighted by Gasteiger charge is 2.42. The van der Waals surface area contributed by atoms with Crippen molar-refractivity contribution in [1.29, 1.82) is 0 Å². The van der Waals surface area contributed by atoms with Crippen molar-refractivity contribution in [2.24, 2.45) is 18.9 Å². The van der Waals surface area contributed by atoms with Crippen LogP contribution in [0.4, 0.5) is 0 Å². The number of aromatic nitrogens is 2. The van der Waals surface area contributed by atoms with Gasteiger partial charge in [0.25, 0.3) is 0 Å². The number of hydrogen-bond donors (Lipinski definition) is 1. The van der Waals surface area contributed by atoms with Crippen LogP contribution >= 0.6 is 0 Å². The molecule has 0 amide bonds. The van der Waals surface area contributed by atoms with Gasteiger partial charge in [0.15, 0.2) is 0 Å². The summed E-state index contributed by atoms with van der Waals surface area (Å²) < 4.78 is 2.11. The number of imidazole rings is 1. The molecule has 174 valence electrons. The fourth-order valence-electron chi connectivity index (χ4n) is 6.27. The molecule has 2 fully saturated rings. The first kappa shape index (κ1) is 22.1. The summed E-state index contributed by atoms with van der Waals surface area (Å²) >= 11 is 0. The monoisotopic (exact) mass is 445 g/mol. The Kier molecular flexibility index (Phi) is 6.00. The van der Waals surface area contributed by atoms with Crippen molar-refractivity contribution in [3.63, 3.8) is 0 Å². The number of hydrogen-bond acceptors (Lipinski definition) is 3. The molecule has 1 N–H and O–H groups in total. The van der Waals surface area contributed by atoms with Gasteiger partial charge >= 0.3 is 5.97 Å². The molecule has 1 saturated carbocycles. The van der Waals surface area contributed by atoms with Gasteiger partial charge in [-0.05, 0) is 86.4 Å². The zero-order valence-corrected chi connectivity index (χ0v) is 20.0. The maximum absolute atomic E-state index is 12.3. The summed E-state index contributed by atoms with van der Waals surface area (Å²) in [6, 6.07) is 15.5. The van der Waals surface area contributed by atoms with Crippen molar-refractivity contribution < 1.29 is 9.90 Å². The number of likely N-dealkylation sites (tertiary alicyclic amines) is 1. The molecule has 2 aliphatic rings. The highest BCUT2D eigenvalue weighted by Crippen LogP contribution is 2.44. The summed E-state index contributed by atoms with van der Waals surface area (Å²) in [5.41, 5.74) is 5.59. The Hall–Kier alpha value is -2.66. The lowest BCUT2D eigenvalue weighted by molar-refractivity contribution is -0.146. The van der Waals surface area contributed by atoms with Crippen LogP contribution in [0.3, 0.4) is 0 Å². The number of carbonyl (C=O) groups is 1. The number of nitrogens with zero attached hydrogens (tertiary/aromatic N) is 3. The van der Waals surface area contributed by atoms with Crippen molar-refractivity contribution in [2.75, 3.05) is 13.1 Å². The van der Waals surface area contributed by atoms with E-state index in [1.54, 1.807) is 0 Å². The topological polar surface area (TPSA) is 58.4 Å². The minimum Gasteiger partial charge on any atom is -0.481 e. The summed E-state index contributed by atoms with van der Waals surface area (Å²) in [6.45, 7) is 6.49. The lowest BCUT2D eigenvalue weighted by Crippen LogP contribution is -2.47. The number of piperidine rings is 1. The van der Waals surface area contributed by atoms with Crippen LogP contribution in [0, 0.1) is 18.8 Å². The van der Waals surface area contributed by atoms with Gasteiger partial charge in [-0.3, -0.25) is 4.79 Å². The van der Waals surface area contributed by atoms with E-state index in [0.717, 1.165) is 59.5 Å². The third-order valence-corrected chi connectivity index (χ3v) is 8.19. The van der Waals surface area contributed by atoms with E-state index >= 15 is 0 Å². The van der Waals surface area contributed by atoms with E-state index in [1.807, 2.05) is 14.0 Å². The Morgan fingerprint density at radius 3 is 2.39 bits per heavy atom. The molecule has 5 nitrogen and oxygen atoms in total. The molecule has 5 heteroatoms. The Bertz CT molecular complexity index is 1140. The average molecular weight is 446 g/mol. The van der Waals surface area contributed by atoms with Crippen molar-refractivity contribution in [2.45, 2.75) is 57.9 Å². The third kappa shape index (κ3) is 4.19. The van der Waals surface area contributed by atoms with Crippen molar-refractivity contribution in [3.8, 4) is 11.1 Å². The summed E-state index contributed by atoms with van der Waals surface area (Å²) in [7, 11) is 2.04. The van der Waals surface area contributed by atoms with Gasteiger partial charge in [0, 0.05) is 13.1 Å². The number of aryl methyl sites for hydroxylation is 2. The number of rotatable bonds is 4. The second-order valence-electron chi connectivity index (χ2n) is 10.2. The van der Waals surface area contributed by atoms with Crippen LogP contribution < -0.4 is 0 Å². The number of carboxylic acids is 1. The largest absolute Gasteiger partial charge is 0.481 e. The molecule has 2 aromatic carbocycles. The van der Waals surface area contributed by atoms with Crippen LogP contribution in [0.2, 0.25) is 0 Å². The van der Waals surface area contributed by atoms with Gasteiger partial charge in [0.1, 0.15) is 5.82 Å². The van der Waals surface area contributed by atoms with E-state index in [1.165, 1.54) is 19.3 Å². The normalized spacial score (nSPS) is 26.5. The van der Waals surface area contributed by atoms with Crippen LogP contribution in [-0.4, -0.2) is 44.7 Å². The Labute approximate surface area is 196 Å². The van der Waals surface area contributed by atoms with Crippen molar-refractivity contribution >= 4 is 17.0 Å². The van der Waals surface area contributed by atoms with Gasteiger partial charge in [-0.2, -0.15) is 0 Å². The lowest BCUT2D eigenvalue weighted by atomic mass is 9.67. The minimum absolute atomic E-state index is 0.0631. The smallest absolute Gasteiger partial charge is 0.307 e. The fraction of sp³-hybridized carbons (Fsp3) is 0.500. The number of fused-ring (bicyclic) bond motifs is 1. The zero-order chi connectivity index (χ0) is 23.1. The van der Waals surface area contributed by atoms with E-state index in [-0.39, 0.29) is 17.8 Å². The zero-order valence-electron chi connectivity index (χ0n) is 20.0. The molecule has 2 unspecified atom stereocenters.